The summed E-state index contributed by atoms with van der Waals surface area (Å²) in [4.78, 5) is 8.59. The molecule has 0 radical (unpaired) electrons. The van der Waals surface area contributed by atoms with E-state index in [4.69, 9.17) is 4.74 Å². The van der Waals surface area contributed by atoms with Crippen LogP contribution in [0.1, 0.15) is 37.4 Å². The summed E-state index contributed by atoms with van der Waals surface area (Å²) in [6, 6.07) is 4.19. The molecule has 0 aliphatic carbocycles. The second-order valence-electron chi connectivity index (χ2n) is 4.61. The summed E-state index contributed by atoms with van der Waals surface area (Å²) in [5.41, 5.74) is 1.07. The average Bonchev–Trinajstić information content (AvgIpc) is 2.90. The molecular formula is C14H19N3OS. The smallest absolute Gasteiger partial charge is 0.218 e. The zero-order valence-electron chi connectivity index (χ0n) is 11.5. The lowest BCUT2D eigenvalue weighted by molar-refractivity contribution is 0.229. The molecule has 2 heterocycles. The molecule has 0 aliphatic rings. The van der Waals surface area contributed by atoms with E-state index < -0.39 is 0 Å². The Bertz CT molecular complexity index is 499. The molecule has 19 heavy (non-hydrogen) atoms. The Morgan fingerprint density at radius 2 is 2.11 bits per heavy atom. The largest absolute Gasteiger partial charge is 0.475 e. The number of pyridine rings is 1. The van der Waals surface area contributed by atoms with E-state index in [1.807, 2.05) is 37.6 Å². The van der Waals surface area contributed by atoms with Gasteiger partial charge < -0.3 is 10.1 Å². The minimum atomic E-state index is 0.130. The summed E-state index contributed by atoms with van der Waals surface area (Å²) in [5, 5.41) is 6.53. The summed E-state index contributed by atoms with van der Waals surface area (Å²) < 4.78 is 5.70. The summed E-state index contributed by atoms with van der Waals surface area (Å²) in [5.74, 6) is 0.705. The Morgan fingerprint density at radius 1 is 1.26 bits per heavy atom. The predicted molar refractivity (Wildman–Crippen MR) is 77.4 cm³/mol. The topological polar surface area (TPSA) is 47.0 Å². The van der Waals surface area contributed by atoms with Crippen molar-refractivity contribution >= 4 is 11.3 Å². The fourth-order valence-corrected chi connectivity index (χ4v) is 2.36. The number of aromatic nitrogens is 2. The van der Waals surface area contributed by atoms with Crippen LogP contribution in [0.4, 0.5) is 0 Å². The molecule has 1 unspecified atom stereocenters. The average molecular weight is 277 g/mol. The maximum Gasteiger partial charge on any atom is 0.218 e. The van der Waals surface area contributed by atoms with Crippen molar-refractivity contribution in [3.63, 3.8) is 0 Å². The van der Waals surface area contributed by atoms with Gasteiger partial charge in [-0.15, -0.1) is 11.3 Å². The van der Waals surface area contributed by atoms with E-state index in [2.05, 4.69) is 22.2 Å². The highest BCUT2D eigenvalue weighted by molar-refractivity contribution is 7.09. The second kappa shape index (κ2) is 6.63. The van der Waals surface area contributed by atoms with Gasteiger partial charge in [0.05, 0.1) is 12.1 Å². The predicted octanol–water partition coefficient (Wildman–Crippen LogP) is 3.18. The highest BCUT2D eigenvalue weighted by atomic mass is 32.1. The van der Waals surface area contributed by atoms with Crippen molar-refractivity contribution in [3.8, 4) is 5.88 Å². The van der Waals surface area contributed by atoms with Gasteiger partial charge in [-0.1, -0.05) is 6.07 Å². The number of hydrogen-bond acceptors (Lipinski definition) is 5. The van der Waals surface area contributed by atoms with Gasteiger partial charge in [0.15, 0.2) is 0 Å². The molecule has 0 bridgehead atoms. The van der Waals surface area contributed by atoms with Gasteiger partial charge in [-0.3, -0.25) is 0 Å². The van der Waals surface area contributed by atoms with Gasteiger partial charge in [0.25, 0.3) is 0 Å². The number of nitrogens with one attached hydrogen (secondary N) is 1. The lowest BCUT2D eigenvalue weighted by Gasteiger charge is -2.15. The minimum Gasteiger partial charge on any atom is -0.475 e. The third kappa shape index (κ3) is 4.01. The van der Waals surface area contributed by atoms with E-state index in [0.29, 0.717) is 5.88 Å². The quantitative estimate of drug-likeness (QED) is 0.881. The number of nitrogens with zero attached hydrogens (tertiary/aromatic N) is 2. The van der Waals surface area contributed by atoms with Crippen molar-refractivity contribution in [1.29, 1.82) is 0 Å². The van der Waals surface area contributed by atoms with Crippen molar-refractivity contribution in [2.45, 2.75) is 39.5 Å². The number of hydrogen-bond donors (Lipinski definition) is 1. The molecule has 4 nitrogen and oxygen atoms in total. The maximum absolute atomic E-state index is 5.70. The van der Waals surface area contributed by atoms with Crippen molar-refractivity contribution < 1.29 is 4.74 Å². The molecule has 0 spiro atoms. The van der Waals surface area contributed by atoms with Gasteiger partial charge in [0.1, 0.15) is 5.01 Å². The van der Waals surface area contributed by atoms with E-state index in [9.17, 15) is 0 Å². The lowest BCUT2D eigenvalue weighted by atomic mass is 10.2. The molecule has 2 aromatic rings. The monoisotopic (exact) mass is 277 g/mol. The van der Waals surface area contributed by atoms with Crippen molar-refractivity contribution in [2.24, 2.45) is 0 Å². The first-order valence-electron chi connectivity index (χ1n) is 6.40. The first kappa shape index (κ1) is 14.0. The SMILES string of the molecule is CC(C)Oc1ncccc1CNC(C)c1nccs1. The van der Waals surface area contributed by atoms with Gasteiger partial charge in [0, 0.05) is 29.9 Å². The normalized spacial score (nSPS) is 12.6. The van der Waals surface area contributed by atoms with Gasteiger partial charge in [-0.05, 0) is 26.8 Å². The summed E-state index contributed by atoms with van der Waals surface area (Å²) >= 11 is 1.66. The van der Waals surface area contributed by atoms with Crippen LogP contribution in [0.3, 0.4) is 0 Å². The Morgan fingerprint density at radius 3 is 2.79 bits per heavy atom. The first-order chi connectivity index (χ1) is 9.16. The summed E-state index contributed by atoms with van der Waals surface area (Å²) in [6.45, 7) is 6.84. The van der Waals surface area contributed by atoms with Gasteiger partial charge in [0.2, 0.25) is 5.88 Å². The molecule has 0 aliphatic heterocycles. The molecule has 0 saturated carbocycles. The highest BCUT2D eigenvalue weighted by Gasteiger charge is 2.10. The molecule has 2 aromatic heterocycles. The van der Waals surface area contributed by atoms with E-state index >= 15 is 0 Å². The van der Waals surface area contributed by atoms with Gasteiger partial charge in [-0.2, -0.15) is 0 Å². The molecule has 0 saturated heterocycles. The number of ether oxygens (including phenoxy) is 1. The van der Waals surface area contributed by atoms with Crippen LogP contribution in [0.5, 0.6) is 5.88 Å². The van der Waals surface area contributed by atoms with Crippen LogP contribution in [-0.4, -0.2) is 16.1 Å². The van der Waals surface area contributed by atoms with Crippen LogP contribution in [0, 0.1) is 0 Å². The fraction of sp³-hybridized carbons (Fsp3) is 0.429. The number of thiazole rings is 1. The fourth-order valence-electron chi connectivity index (χ4n) is 1.69. The molecule has 102 valence electrons. The van der Waals surface area contributed by atoms with Crippen LogP contribution in [0.2, 0.25) is 0 Å². The van der Waals surface area contributed by atoms with E-state index in [-0.39, 0.29) is 12.1 Å². The maximum atomic E-state index is 5.70. The van der Waals surface area contributed by atoms with Gasteiger partial charge >= 0.3 is 0 Å². The molecule has 0 amide bonds. The zero-order chi connectivity index (χ0) is 13.7. The summed E-state index contributed by atoms with van der Waals surface area (Å²) in [6.07, 6.45) is 3.71. The molecule has 1 N–H and O–H groups in total. The molecule has 0 fully saturated rings. The minimum absolute atomic E-state index is 0.130. The van der Waals surface area contributed by atoms with Crippen LogP contribution in [0.25, 0.3) is 0 Å². The Labute approximate surface area is 117 Å². The van der Waals surface area contributed by atoms with Crippen LogP contribution in [-0.2, 0) is 6.54 Å². The van der Waals surface area contributed by atoms with E-state index in [0.717, 1.165) is 17.1 Å². The number of rotatable bonds is 6. The standard InChI is InChI=1S/C14H19N3OS/c1-10(2)18-13-12(5-4-6-15-13)9-17-11(3)14-16-7-8-19-14/h4-8,10-11,17H,9H2,1-3H3. The van der Waals surface area contributed by atoms with Gasteiger partial charge in [-0.25, -0.2) is 9.97 Å². The third-order valence-corrected chi connectivity index (χ3v) is 3.58. The molecule has 2 rings (SSSR count). The van der Waals surface area contributed by atoms with Crippen LogP contribution >= 0.6 is 11.3 Å². The molecule has 5 heteroatoms. The summed E-state index contributed by atoms with van der Waals surface area (Å²) in [7, 11) is 0. The third-order valence-electron chi connectivity index (χ3n) is 2.62. The highest BCUT2D eigenvalue weighted by Crippen LogP contribution is 2.19. The van der Waals surface area contributed by atoms with E-state index in [1.165, 1.54) is 0 Å². The van der Waals surface area contributed by atoms with E-state index in [1.54, 1.807) is 17.5 Å². The van der Waals surface area contributed by atoms with Crippen molar-refractivity contribution in [3.05, 3.63) is 40.5 Å². The van der Waals surface area contributed by atoms with Crippen LogP contribution < -0.4 is 10.1 Å². The Kier molecular flexibility index (Phi) is 4.87. The molecule has 0 aromatic carbocycles. The van der Waals surface area contributed by atoms with Crippen molar-refractivity contribution in [2.75, 3.05) is 0 Å². The molecular weight excluding hydrogens is 258 g/mol. The second-order valence-corrected chi connectivity index (χ2v) is 5.53. The van der Waals surface area contributed by atoms with Crippen LogP contribution in [0.15, 0.2) is 29.9 Å². The lowest BCUT2D eigenvalue weighted by Crippen LogP contribution is -2.19. The molecule has 1 atom stereocenters. The Balaban J connectivity index is 1.99. The Hall–Kier alpha value is -1.46. The first-order valence-corrected chi connectivity index (χ1v) is 7.28. The van der Waals surface area contributed by atoms with Crippen molar-refractivity contribution in [1.82, 2.24) is 15.3 Å². The zero-order valence-corrected chi connectivity index (χ0v) is 12.3.